The average molecular weight is 186 g/mol. The highest BCUT2D eigenvalue weighted by Crippen LogP contribution is 2.17. The van der Waals surface area contributed by atoms with Crippen molar-refractivity contribution >= 4 is 5.91 Å². The second-order valence-electron chi connectivity index (χ2n) is 3.35. The lowest BCUT2D eigenvalue weighted by molar-refractivity contribution is -0.120. The van der Waals surface area contributed by atoms with Gasteiger partial charge in [-0.1, -0.05) is 0 Å². The van der Waals surface area contributed by atoms with Gasteiger partial charge in [-0.05, 0) is 19.3 Å². The van der Waals surface area contributed by atoms with E-state index in [4.69, 9.17) is 4.74 Å². The topological polar surface area (TPSA) is 50.4 Å². The Hall–Kier alpha value is -0.610. The molecule has 76 valence electrons. The summed E-state index contributed by atoms with van der Waals surface area (Å²) in [5.41, 5.74) is 0. The molecule has 0 bridgehead atoms. The van der Waals surface area contributed by atoms with Crippen LogP contribution in [0, 0.1) is 0 Å². The van der Waals surface area contributed by atoms with Crippen LogP contribution >= 0.6 is 0 Å². The van der Waals surface area contributed by atoms with Crippen LogP contribution in [0.4, 0.5) is 0 Å². The number of rotatable bonds is 7. The van der Waals surface area contributed by atoms with Gasteiger partial charge >= 0.3 is 0 Å². The minimum atomic E-state index is 0.0861. The van der Waals surface area contributed by atoms with Gasteiger partial charge in [-0.15, -0.1) is 0 Å². The first-order chi connectivity index (χ1) is 6.33. The average Bonchev–Trinajstić information content (AvgIpc) is 2.92. The summed E-state index contributed by atoms with van der Waals surface area (Å²) in [6.45, 7) is 1.87. The van der Waals surface area contributed by atoms with Gasteiger partial charge in [0.1, 0.15) is 0 Å². The lowest BCUT2D eigenvalue weighted by atomic mass is 10.4. The van der Waals surface area contributed by atoms with Crippen LogP contribution in [0.2, 0.25) is 0 Å². The molecule has 0 aromatic heterocycles. The van der Waals surface area contributed by atoms with Gasteiger partial charge in [-0.3, -0.25) is 4.79 Å². The van der Waals surface area contributed by atoms with Crippen molar-refractivity contribution in [3.8, 4) is 0 Å². The van der Waals surface area contributed by atoms with Crippen molar-refractivity contribution in [2.24, 2.45) is 0 Å². The maximum absolute atomic E-state index is 11.1. The summed E-state index contributed by atoms with van der Waals surface area (Å²) in [6.07, 6.45) is 3.32. The van der Waals surface area contributed by atoms with E-state index >= 15 is 0 Å². The molecule has 1 aliphatic carbocycles. The molecule has 1 fully saturated rings. The Bertz CT molecular complexity index is 158. The van der Waals surface area contributed by atoms with E-state index in [2.05, 4.69) is 10.6 Å². The highest BCUT2D eigenvalue weighted by atomic mass is 16.5. The summed E-state index contributed by atoms with van der Waals surface area (Å²) < 4.78 is 4.86. The zero-order valence-corrected chi connectivity index (χ0v) is 8.14. The van der Waals surface area contributed by atoms with Gasteiger partial charge in [0.25, 0.3) is 0 Å². The molecule has 13 heavy (non-hydrogen) atoms. The van der Waals surface area contributed by atoms with Crippen LogP contribution in [0.15, 0.2) is 0 Å². The molecule has 0 radical (unpaired) electrons. The molecule has 1 amide bonds. The molecule has 4 nitrogen and oxygen atoms in total. The SMILES string of the molecule is COCCCNC(=O)CNC1CC1. The van der Waals surface area contributed by atoms with Crippen LogP contribution in [0.5, 0.6) is 0 Å². The van der Waals surface area contributed by atoms with Gasteiger partial charge < -0.3 is 15.4 Å². The van der Waals surface area contributed by atoms with Crippen molar-refractivity contribution in [1.82, 2.24) is 10.6 Å². The van der Waals surface area contributed by atoms with E-state index in [0.717, 1.165) is 6.42 Å². The third kappa shape index (κ3) is 5.60. The minimum absolute atomic E-state index is 0.0861. The van der Waals surface area contributed by atoms with Crippen molar-refractivity contribution in [3.05, 3.63) is 0 Å². The maximum atomic E-state index is 11.1. The number of methoxy groups -OCH3 is 1. The predicted molar refractivity (Wildman–Crippen MR) is 50.5 cm³/mol. The Labute approximate surface area is 79.0 Å². The molecule has 1 aliphatic rings. The first-order valence-corrected chi connectivity index (χ1v) is 4.82. The molecule has 0 atom stereocenters. The van der Waals surface area contributed by atoms with E-state index in [1.54, 1.807) is 7.11 Å². The van der Waals surface area contributed by atoms with Crippen molar-refractivity contribution in [2.75, 3.05) is 26.8 Å². The highest BCUT2D eigenvalue weighted by molar-refractivity contribution is 5.77. The van der Waals surface area contributed by atoms with E-state index in [0.29, 0.717) is 25.7 Å². The molecule has 0 aromatic carbocycles. The van der Waals surface area contributed by atoms with Gasteiger partial charge in [-0.25, -0.2) is 0 Å². The van der Waals surface area contributed by atoms with Crippen molar-refractivity contribution in [1.29, 1.82) is 0 Å². The van der Waals surface area contributed by atoms with E-state index < -0.39 is 0 Å². The van der Waals surface area contributed by atoms with E-state index in [9.17, 15) is 4.79 Å². The zero-order valence-electron chi connectivity index (χ0n) is 8.14. The molecular weight excluding hydrogens is 168 g/mol. The molecule has 4 heteroatoms. The summed E-state index contributed by atoms with van der Waals surface area (Å²) in [6, 6.07) is 0.602. The fraction of sp³-hybridized carbons (Fsp3) is 0.889. The maximum Gasteiger partial charge on any atom is 0.233 e. The van der Waals surface area contributed by atoms with Gasteiger partial charge in [-0.2, -0.15) is 0 Å². The Morgan fingerprint density at radius 1 is 1.54 bits per heavy atom. The van der Waals surface area contributed by atoms with E-state index in [-0.39, 0.29) is 5.91 Å². The Kier molecular flexibility index (Phi) is 4.78. The standard InChI is InChI=1S/C9H18N2O2/c1-13-6-2-5-10-9(12)7-11-8-3-4-8/h8,11H,2-7H2,1H3,(H,10,12). The molecule has 0 unspecified atom stereocenters. The summed E-state index contributed by atoms with van der Waals surface area (Å²) in [4.78, 5) is 11.1. The second-order valence-corrected chi connectivity index (χ2v) is 3.35. The first-order valence-electron chi connectivity index (χ1n) is 4.82. The van der Waals surface area contributed by atoms with Gasteiger partial charge in [0.05, 0.1) is 6.54 Å². The summed E-state index contributed by atoms with van der Waals surface area (Å²) in [5.74, 6) is 0.0861. The number of hydrogen-bond donors (Lipinski definition) is 2. The fourth-order valence-corrected chi connectivity index (χ4v) is 1.03. The number of hydrogen-bond acceptors (Lipinski definition) is 3. The third-order valence-corrected chi connectivity index (χ3v) is 1.98. The van der Waals surface area contributed by atoms with Crippen LogP contribution in [0.25, 0.3) is 0 Å². The van der Waals surface area contributed by atoms with Gasteiger partial charge in [0.15, 0.2) is 0 Å². The number of ether oxygens (including phenoxy) is 1. The molecule has 1 rings (SSSR count). The normalized spacial score (nSPS) is 15.8. The third-order valence-electron chi connectivity index (χ3n) is 1.98. The van der Waals surface area contributed by atoms with Crippen molar-refractivity contribution in [2.45, 2.75) is 25.3 Å². The fourth-order valence-electron chi connectivity index (χ4n) is 1.03. The Morgan fingerprint density at radius 3 is 2.92 bits per heavy atom. The first kappa shape index (κ1) is 10.5. The molecule has 0 saturated heterocycles. The quantitative estimate of drug-likeness (QED) is 0.545. The smallest absolute Gasteiger partial charge is 0.233 e. The van der Waals surface area contributed by atoms with E-state index in [1.165, 1.54) is 12.8 Å². The van der Waals surface area contributed by atoms with Gasteiger partial charge in [0, 0.05) is 26.3 Å². The highest BCUT2D eigenvalue weighted by Gasteiger charge is 2.20. The molecule has 0 heterocycles. The summed E-state index contributed by atoms with van der Waals surface area (Å²) >= 11 is 0. The summed E-state index contributed by atoms with van der Waals surface area (Å²) in [5, 5.41) is 5.97. The largest absolute Gasteiger partial charge is 0.385 e. The summed E-state index contributed by atoms with van der Waals surface area (Å²) in [7, 11) is 1.66. The van der Waals surface area contributed by atoms with Crippen LogP contribution in [-0.2, 0) is 9.53 Å². The van der Waals surface area contributed by atoms with Crippen LogP contribution < -0.4 is 10.6 Å². The predicted octanol–water partition coefficient (Wildman–Crippen LogP) is -0.109. The van der Waals surface area contributed by atoms with Crippen LogP contribution in [0.3, 0.4) is 0 Å². The second kappa shape index (κ2) is 5.94. The number of carbonyl (C=O) groups is 1. The number of carbonyl (C=O) groups excluding carboxylic acids is 1. The van der Waals surface area contributed by atoms with E-state index in [1.807, 2.05) is 0 Å². The monoisotopic (exact) mass is 186 g/mol. The molecule has 0 aliphatic heterocycles. The van der Waals surface area contributed by atoms with Gasteiger partial charge in [0.2, 0.25) is 5.91 Å². The minimum Gasteiger partial charge on any atom is -0.385 e. The Morgan fingerprint density at radius 2 is 2.31 bits per heavy atom. The lowest BCUT2D eigenvalue weighted by Gasteiger charge is -2.04. The molecule has 0 spiro atoms. The number of amides is 1. The molecule has 2 N–H and O–H groups in total. The zero-order chi connectivity index (χ0) is 9.52. The number of nitrogens with one attached hydrogen (secondary N) is 2. The molecule has 0 aromatic rings. The molecular formula is C9H18N2O2. The van der Waals surface area contributed by atoms with Crippen LogP contribution in [0.1, 0.15) is 19.3 Å². The molecule has 1 saturated carbocycles. The van der Waals surface area contributed by atoms with Crippen molar-refractivity contribution in [3.63, 3.8) is 0 Å². The lowest BCUT2D eigenvalue weighted by Crippen LogP contribution is -2.35. The van der Waals surface area contributed by atoms with Crippen molar-refractivity contribution < 1.29 is 9.53 Å². The Balaban J connectivity index is 1.84. The van der Waals surface area contributed by atoms with Crippen LogP contribution in [-0.4, -0.2) is 38.8 Å².